The average Bonchev–Trinajstić information content (AvgIpc) is 2.29. The predicted molar refractivity (Wildman–Crippen MR) is 58.1 cm³/mol. The third-order valence-electron chi connectivity index (χ3n) is 1.82. The van der Waals surface area contributed by atoms with Crippen LogP contribution in [0.2, 0.25) is 0 Å². The summed E-state index contributed by atoms with van der Waals surface area (Å²) in [6.07, 6.45) is 0. The van der Waals surface area contributed by atoms with Gasteiger partial charge in [0, 0.05) is 5.39 Å². The van der Waals surface area contributed by atoms with Gasteiger partial charge in [0.15, 0.2) is 0 Å². The second-order valence-electron chi connectivity index (χ2n) is 2.79. The molecule has 0 unspecified atom stereocenters. The lowest BCUT2D eigenvalue weighted by molar-refractivity contribution is 0.0691. The van der Waals surface area contributed by atoms with Crippen LogP contribution in [0.25, 0.3) is 21.3 Å². The third kappa shape index (κ3) is 2.70. The van der Waals surface area contributed by atoms with E-state index in [9.17, 15) is 4.79 Å². The zero-order chi connectivity index (χ0) is 12.0. The van der Waals surface area contributed by atoms with Crippen LogP contribution < -0.4 is 0 Å². The summed E-state index contributed by atoms with van der Waals surface area (Å²) in [5.74, 6) is -0.995. The van der Waals surface area contributed by atoms with E-state index < -0.39 is 5.97 Å². The van der Waals surface area contributed by atoms with Gasteiger partial charge in [-0.1, -0.05) is 24.3 Å². The Kier molecular flexibility index (Phi) is 3.83. The molecule has 0 radical (unpaired) electrons. The molecule has 0 saturated carbocycles. The van der Waals surface area contributed by atoms with Crippen molar-refractivity contribution in [3.63, 3.8) is 0 Å². The van der Waals surface area contributed by atoms with Gasteiger partial charge in [-0.3, -0.25) is 0 Å². The number of nitrogens with zero attached hydrogens (tertiary/aromatic N) is 3. The molecule has 0 fully saturated rings. The lowest BCUT2D eigenvalue weighted by Crippen LogP contribution is -1.99. The zero-order valence-corrected chi connectivity index (χ0v) is 8.16. The van der Waals surface area contributed by atoms with E-state index in [1.165, 1.54) is 6.07 Å². The molecule has 0 saturated heterocycles. The SMILES string of the molecule is O=C(O)c1ccc2ccccc2n1.[N-]=[N+]=N. The molecule has 0 aliphatic carbocycles. The smallest absolute Gasteiger partial charge is 0.354 e. The van der Waals surface area contributed by atoms with Crippen LogP contribution in [-0.4, -0.2) is 16.1 Å². The first kappa shape index (κ1) is 11.5. The number of rotatable bonds is 1. The Labute approximate surface area is 90.6 Å². The number of pyridine rings is 1. The average molecular weight is 216 g/mol. The summed E-state index contributed by atoms with van der Waals surface area (Å²) in [5.41, 5.74) is 13.0. The molecule has 0 aliphatic rings. The van der Waals surface area contributed by atoms with E-state index in [4.69, 9.17) is 16.2 Å². The number of carboxylic acid groups (broad SMARTS) is 1. The number of benzene rings is 1. The molecule has 80 valence electrons. The van der Waals surface area contributed by atoms with Crippen molar-refractivity contribution in [1.82, 2.24) is 4.98 Å². The Morgan fingerprint density at radius 3 is 2.56 bits per heavy atom. The fourth-order valence-corrected chi connectivity index (χ4v) is 1.19. The molecule has 0 bridgehead atoms. The standard InChI is InChI=1S/C10H7NO2.HN3/c12-10(13)9-6-5-7-3-1-2-4-8(7)11-9;1-3-2/h1-6H,(H,12,13);1H. The minimum atomic E-state index is -0.995. The molecule has 0 spiro atoms. The molecule has 0 aliphatic heterocycles. The molecule has 2 aromatic rings. The molecule has 2 N–H and O–H groups in total. The van der Waals surface area contributed by atoms with Gasteiger partial charge >= 0.3 is 5.97 Å². The van der Waals surface area contributed by atoms with Gasteiger partial charge in [0.25, 0.3) is 0 Å². The summed E-state index contributed by atoms with van der Waals surface area (Å²) in [5, 5.41) is 9.63. The lowest BCUT2D eigenvalue weighted by atomic mass is 10.2. The van der Waals surface area contributed by atoms with Crippen molar-refractivity contribution in [3.05, 3.63) is 52.5 Å². The summed E-state index contributed by atoms with van der Waals surface area (Å²) >= 11 is 0. The van der Waals surface area contributed by atoms with Crippen LogP contribution in [0.1, 0.15) is 10.5 Å². The monoisotopic (exact) mass is 216 g/mol. The normalized spacial score (nSPS) is 8.75. The van der Waals surface area contributed by atoms with Gasteiger partial charge in [-0.2, -0.15) is 0 Å². The highest BCUT2D eigenvalue weighted by Gasteiger charge is 2.03. The topological polar surface area (TPSA) is 110 Å². The van der Waals surface area contributed by atoms with Gasteiger partial charge in [-0.05, 0) is 22.6 Å². The first-order chi connectivity index (χ1) is 7.69. The maximum Gasteiger partial charge on any atom is 0.354 e. The van der Waals surface area contributed by atoms with E-state index in [2.05, 4.69) is 4.98 Å². The lowest BCUT2D eigenvalue weighted by Gasteiger charge is -1.97. The van der Waals surface area contributed by atoms with Crippen LogP contribution in [0.4, 0.5) is 0 Å². The van der Waals surface area contributed by atoms with Crippen LogP contribution in [0.5, 0.6) is 0 Å². The Morgan fingerprint density at radius 2 is 1.94 bits per heavy atom. The van der Waals surface area contributed by atoms with E-state index in [0.717, 1.165) is 5.39 Å². The third-order valence-corrected chi connectivity index (χ3v) is 1.82. The number of hydrogen-bond donors (Lipinski definition) is 2. The number of fused-ring (bicyclic) bond motifs is 1. The number of hydrogen-bond acceptors (Lipinski definition) is 3. The van der Waals surface area contributed by atoms with Gasteiger partial charge in [-0.25, -0.2) is 9.78 Å². The van der Waals surface area contributed by atoms with Gasteiger partial charge in [0.05, 0.1) is 5.52 Å². The first-order valence-electron chi connectivity index (χ1n) is 4.29. The maximum atomic E-state index is 10.6. The number of aromatic carboxylic acids is 1. The molecule has 2 rings (SSSR count). The molecule has 1 aromatic carbocycles. The van der Waals surface area contributed by atoms with Crippen molar-refractivity contribution in [2.45, 2.75) is 0 Å². The van der Waals surface area contributed by atoms with Crippen molar-refractivity contribution in [3.8, 4) is 0 Å². The zero-order valence-electron chi connectivity index (χ0n) is 8.16. The fourth-order valence-electron chi connectivity index (χ4n) is 1.19. The van der Waals surface area contributed by atoms with E-state index in [-0.39, 0.29) is 5.69 Å². The molecular formula is C10H8N4O2. The number of nitrogens with one attached hydrogen (secondary N) is 1. The fraction of sp³-hybridized carbons (Fsp3) is 0. The van der Waals surface area contributed by atoms with E-state index in [0.29, 0.717) is 5.52 Å². The number of carboxylic acids is 1. The van der Waals surface area contributed by atoms with E-state index in [1.54, 1.807) is 17.0 Å². The molecule has 6 nitrogen and oxygen atoms in total. The summed E-state index contributed by atoms with van der Waals surface area (Å²) in [4.78, 5) is 16.3. The van der Waals surface area contributed by atoms with Crippen LogP contribution in [0.3, 0.4) is 0 Å². The Morgan fingerprint density at radius 1 is 1.31 bits per heavy atom. The summed E-state index contributed by atoms with van der Waals surface area (Å²) in [7, 11) is 0. The first-order valence-corrected chi connectivity index (χ1v) is 4.29. The molecule has 16 heavy (non-hydrogen) atoms. The highest BCUT2D eigenvalue weighted by Crippen LogP contribution is 2.11. The second-order valence-corrected chi connectivity index (χ2v) is 2.79. The van der Waals surface area contributed by atoms with Crippen molar-refractivity contribution < 1.29 is 9.90 Å². The van der Waals surface area contributed by atoms with Crippen molar-refractivity contribution in [2.24, 2.45) is 0 Å². The van der Waals surface area contributed by atoms with Crippen LogP contribution in [0.15, 0.2) is 36.4 Å². The Hall–Kier alpha value is -2.59. The van der Waals surface area contributed by atoms with Crippen molar-refractivity contribution in [2.75, 3.05) is 0 Å². The number of aromatic nitrogens is 1. The molecule has 1 heterocycles. The summed E-state index contributed by atoms with van der Waals surface area (Å²) in [6.45, 7) is 0. The highest BCUT2D eigenvalue weighted by atomic mass is 16.4. The molecular weight excluding hydrogens is 208 g/mol. The van der Waals surface area contributed by atoms with Crippen molar-refractivity contribution >= 4 is 16.9 Å². The van der Waals surface area contributed by atoms with Gasteiger partial charge in [-0.15, -0.1) is 5.53 Å². The van der Waals surface area contributed by atoms with Gasteiger partial charge in [0.1, 0.15) is 5.69 Å². The number of para-hydroxylation sites is 1. The molecule has 0 atom stereocenters. The van der Waals surface area contributed by atoms with E-state index in [1.807, 2.05) is 18.2 Å². The van der Waals surface area contributed by atoms with Crippen LogP contribution in [0, 0.1) is 5.53 Å². The molecule has 1 aromatic heterocycles. The Bertz CT molecular complexity index is 547. The second kappa shape index (κ2) is 5.33. The molecule has 6 heteroatoms. The minimum Gasteiger partial charge on any atom is -0.477 e. The van der Waals surface area contributed by atoms with E-state index >= 15 is 0 Å². The maximum absolute atomic E-state index is 10.6. The summed E-state index contributed by atoms with van der Waals surface area (Å²) in [6, 6.07) is 10.7. The van der Waals surface area contributed by atoms with Crippen LogP contribution >= 0.6 is 0 Å². The summed E-state index contributed by atoms with van der Waals surface area (Å²) < 4.78 is 0. The highest BCUT2D eigenvalue weighted by molar-refractivity contribution is 5.89. The quantitative estimate of drug-likeness (QED) is 0.434. The molecule has 0 amide bonds. The largest absolute Gasteiger partial charge is 0.477 e. The van der Waals surface area contributed by atoms with Crippen LogP contribution in [-0.2, 0) is 0 Å². The predicted octanol–water partition coefficient (Wildman–Crippen LogP) is 2.81. The van der Waals surface area contributed by atoms with Gasteiger partial charge in [0.2, 0.25) is 0 Å². The van der Waals surface area contributed by atoms with Crippen molar-refractivity contribution in [1.29, 1.82) is 5.53 Å². The Balaban J connectivity index is 0.000000386. The minimum absolute atomic E-state index is 0.0821. The number of carbonyl (C=O) groups is 1. The van der Waals surface area contributed by atoms with Gasteiger partial charge < -0.3 is 5.11 Å².